The minimum absolute atomic E-state index is 0.0334. The molecule has 1 aromatic heterocycles. The fraction of sp³-hybridized carbons (Fsp3) is 0.308. The second-order valence-electron chi connectivity index (χ2n) is 8.94. The number of rotatable bonds is 4. The summed E-state index contributed by atoms with van der Waals surface area (Å²) in [6, 6.07) is 13.8. The molecule has 2 aromatic carbocycles. The van der Waals surface area contributed by atoms with Gasteiger partial charge in [0.1, 0.15) is 0 Å². The molecule has 9 heteroatoms. The highest BCUT2D eigenvalue weighted by Gasteiger charge is 2.40. The Balaban J connectivity index is 1.45. The lowest BCUT2D eigenvalue weighted by atomic mass is 10.0. The Morgan fingerprint density at radius 1 is 1.06 bits per heavy atom. The number of hydrogen-bond donors (Lipinski definition) is 0. The van der Waals surface area contributed by atoms with Crippen LogP contribution in [0, 0.1) is 12.9 Å². The average Bonchev–Trinajstić information content (AvgIpc) is 3.29. The van der Waals surface area contributed by atoms with Crippen molar-refractivity contribution < 1.29 is 22.4 Å². The number of anilines is 2. The molecule has 5 rings (SSSR count). The van der Waals surface area contributed by atoms with Crippen LogP contribution in [0.4, 0.5) is 33.7 Å². The topological polar surface area (TPSA) is 39.7 Å². The fourth-order valence-corrected chi connectivity index (χ4v) is 5.06. The van der Waals surface area contributed by atoms with Crippen molar-refractivity contribution in [2.24, 2.45) is 0 Å². The van der Waals surface area contributed by atoms with E-state index in [4.69, 9.17) is 0 Å². The van der Waals surface area contributed by atoms with Crippen LogP contribution in [0.15, 0.2) is 60.8 Å². The van der Waals surface area contributed by atoms with Gasteiger partial charge in [0.25, 0.3) is 0 Å². The molecule has 3 heterocycles. The summed E-state index contributed by atoms with van der Waals surface area (Å²) < 4.78 is 55.3. The lowest BCUT2D eigenvalue weighted by Gasteiger charge is -2.40. The van der Waals surface area contributed by atoms with Gasteiger partial charge >= 0.3 is 12.2 Å². The van der Waals surface area contributed by atoms with E-state index in [0.29, 0.717) is 37.4 Å². The van der Waals surface area contributed by atoms with Gasteiger partial charge in [-0.25, -0.2) is 9.78 Å². The highest BCUT2D eigenvalue weighted by molar-refractivity contribution is 5.95. The molecule has 0 aliphatic carbocycles. The van der Waals surface area contributed by atoms with E-state index in [1.165, 1.54) is 23.2 Å². The summed E-state index contributed by atoms with van der Waals surface area (Å²) in [7, 11) is 0. The van der Waals surface area contributed by atoms with Gasteiger partial charge in [0.15, 0.2) is 0 Å². The van der Waals surface area contributed by atoms with Gasteiger partial charge in [-0.1, -0.05) is 36.4 Å². The number of amides is 2. The van der Waals surface area contributed by atoms with Gasteiger partial charge in [-0.2, -0.15) is 17.6 Å². The third kappa shape index (κ3) is 4.31. The maximum atomic E-state index is 14.5. The molecule has 0 spiro atoms. The molecule has 1 unspecified atom stereocenters. The number of nitrogens with zero attached hydrogens (tertiary/aromatic N) is 4. The van der Waals surface area contributed by atoms with Crippen LogP contribution in [-0.4, -0.2) is 35.0 Å². The molecule has 1 fully saturated rings. The smallest absolute Gasteiger partial charge is 0.365 e. The first-order valence-corrected chi connectivity index (χ1v) is 11.4. The molecular weight excluding hydrogens is 460 g/mol. The number of urea groups is 1. The molecule has 2 amide bonds. The molecule has 2 aliphatic heterocycles. The van der Waals surface area contributed by atoms with Crippen LogP contribution in [-0.2, 0) is 19.3 Å². The molecule has 2 aliphatic rings. The fourth-order valence-electron chi connectivity index (χ4n) is 5.06. The minimum atomic E-state index is -4.52. The number of carbonyl (C=O) groups is 1. The highest BCUT2D eigenvalue weighted by Crippen LogP contribution is 2.37. The Labute approximate surface area is 200 Å². The van der Waals surface area contributed by atoms with Crippen molar-refractivity contribution in [3.63, 3.8) is 0 Å². The average molecular weight is 484 g/mol. The van der Waals surface area contributed by atoms with Crippen molar-refractivity contribution in [1.29, 1.82) is 0 Å². The van der Waals surface area contributed by atoms with Crippen LogP contribution < -0.4 is 9.80 Å². The van der Waals surface area contributed by atoms with Crippen LogP contribution in [0.1, 0.15) is 28.7 Å². The number of pyridine rings is 1. The highest BCUT2D eigenvalue weighted by atomic mass is 19.4. The van der Waals surface area contributed by atoms with E-state index in [1.54, 1.807) is 29.2 Å². The number of aryl methyl sites for hydroxylation is 1. The Bertz CT molecular complexity index is 1240. The van der Waals surface area contributed by atoms with E-state index in [-0.39, 0.29) is 24.2 Å². The van der Waals surface area contributed by atoms with Gasteiger partial charge in [0, 0.05) is 25.8 Å². The summed E-state index contributed by atoms with van der Waals surface area (Å²) in [4.78, 5) is 22.5. The molecule has 5 nitrogen and oxygen atoms in total. The van der Waals surface area contributed by atoms with Crippen molar-refractivity contribution in [1.82, 2.24) is 9.88 Å². The zero-order valence-corrected chi connectivity index (χ0v) is 19.1. The number of fused-ring (bicyclic) bond motifs is 1. The SMILES string of the molecule is Cc1ccnc(F)c1N1CCC(N2Cc3ccccc3N(Cc3ccccc3C(F)(F)F)C2=O)C1. The molecule has 0 N–H and O–H groups in total. The minimum Gasteiger partial charge on any atom is -0.365 e. The van der Waals surface area contributed by atoms with Crippen molar-refractivity contribution in [3.05, 3.63) is 89.0 Å². The molecule has 1 saturated heterocycles. The maximum absolute atomic E-state index is 14.5. The van der Waals surface area contributed by atoms with E-state index in [2.05, 4.69) is 4.98 Å². The molecule has 0 saturated carbocycles. The first-order chi connectivity index (χ1) is 16.7. The zero-order chi connectivity index (χ0) is 24.7. The summed E-state index contributed by atoms with van der Waals surface area (Å²) >= 11 is 0. The third-order valence-electron chi connectivity index (χ3n) is 6.75. The molecular formula is C26H24F4N4O. The largest absolute Gasteiger partial charge is 0.416 e. The summed E-state index contributed by atoms with van der Waals surface area (Å²) in [5.41, 5.74) is 1.94. The summed E-state index contributed by atoms with van der Waals surface area (Å²) in [5.74, 6) is -0.550. The van der Waals surface area contributed by atoms with E-state index in [0.717, 1.165) is 17.2 Å². The first-order valence-electron chi connectivity index (χ1n) is 11.4. The van der Waals surface area contributed by atoms with Gasteiger partial charge in [0.2, 0.25) is 5.95 Å². The number of benzene rings is 2. The van der Waals surface area contributed by atoms with Crippen molar-refractivity contribution in [3.8, 4) is 0 Å². The third-order valence-corrected chi connectivity index (χ3v) is 6.75. The Kier molecular flexibility index (Phi) is 5.86. The molecule has 0 radical (unpaired) electrons. The first kappa shape index (κ1) is 23.1. The van der Waals surface area contributed by atoms with Crippen LogP contribution >= 0.6 is 0 Å². The molecule has 1 atom stereocenters. The maximum Gasteiger partial charge on any atom is 0.416 e. The van der Waals surface area contributed by atoms with E-state index in [9.17, 15) is 22.4 Å². The standard InChI is InChI=1S/C26H24F4N4O/c1-17-10-12-31-24(27)23(17)32-13-11-20(16-32)33-15-19-7-3-5-9-22(19)34(25(33)35)14-18-6-2-4-8-21(18)26(28,29)30/h2-10,12,20H,11,13-16H2,1H3. The monoisotopic (exact) mass is 484 g/mol. The molecule has 0 bridgehead atoms. The summed E-state index contributed by atoms with van der Waals surface area (Å²) in [6.45, 7) is 2.94. The second kappa shape index (κ2) is 8.87. The van der Waals surface area contributed by atoms with Crippen molar-refractivity contribution >= 4 is 17.4 Å². The van der Waals surface area contributed by atoms with Crippen LogP contribution in [0.5, 0.6) is 0 Å². The molecule has 3 aromatic rings. The van der Waals surface area contributed by atoms with Crippen LogP contribution in [0.2, 0.25) is 0 Å². The van der Waals surface area contributed by atoms with Crippen LogP contribution in [0.25, 0.3) is 0 Å². The number of para-hydroxylation sites is 1. The summed E-state index contributed by atoms with van der Waals surface area (Å²) in [5, 5.41) is 0. The normalized spacial score (nSPS) is 18.3. The number of hydrogen-bond acceptors (Lipinski definition) is 3. The quantitative estimate of drug-likeness (QED) is 0.349. The van der Waals surface area contributed by atoms with Gasteiger partial charge in [0.05, 0.1) is 29.5 Å². The van der Waals surface area contributed by atoms with E-state index < -0.39 is 17.7 Å². The van der Waals surface area contributed by atoms with E-state index in [1.807, 2.05) is 24.0 Å². The lowest BCUT2D eigenvalue weighted by molar-refractivity contribution is -0.138. The van der Waals surface area contributed by atoms with Gasteiger partial charge in [-0.3, -0.25) is 4.90 Å². The van der Waals surface area contributed by atoms with Gasteiger partial charge < -0.3 is 9.80 Å². The molecule has 182 valence electrons. The van der Waals surface area contributed by atoms with Crippen molar-refractivity contribution in [2.75, 3.05) is 22.9 Å². The Morgan fingerprint density at radius 3 is 2.57 bits per heavy atom. The number of halogens is 4. The summed E-state index contributed by atoms with van der Waals surface area (Å²) in [6.07, 6.45) is -2.48. The van der Waals surface area contributed by atoms with E-state index >= 15 is 0 Å². The van der Waals surface area contributed by atoms with Gasteiger partial charge in [-0.05, 0) is 48.2 Å². The lowest BCUT2D eigenvalue weighted by Crippen LogP contribution is -2.52. The molecule has 35 heavy (non-hydrogen) atoms. The predicted molar refractivity (Wildman–Crippen MR) is 125 cm³/mol. The van der Waals surface area contributed by atoms with Crippen LogP contribution in [0.3, 0.4) is 0 Å². The van der Waals surface area contributed by atoms with Crippen molar-refractivity contribution in [2.45, 2.75) is 38.7 Å². The zero-order valence-electron chi connectivity index (χ0n) is 19.1. The van der Waals surface area contributed by atoms with Gasteiger partial charge in [-0.15, -0.1) is 0 Å². The predicted octanol–water partition coefficient (Wildman–Crippen LogP) is 5.77. The number of carbonyl (C=O) groups excluding carboxylic acids is 1. The second-order valence-corrected chi connectivity index (χ2v) is 8.94. The number of alkyl halides is 3. The number of aromatic nitrogens is 1. The Hall–Kier alpha value is -3.62. The Morgan fingerprint density at radius 2 is 1.80 bits per heavy atom.